The van der Waals surface area contributed by atoms with E-state index in [9.17, 15) is 4.79 Å². The number of fused-ring (bicyclic) bond motifs is 1. The molecule has 0 aliphatic carbocycles. The minimum absolute atomic E-state index is 0.0150. The van der Waals surface area contributed by atoms with Crippen LogP contribution in [0.3, 0.4) is 0 Å². The highest BCUT2D eigenvalue weighted by atomic mass is 16.1. The Morgan fingerprint density at radius 1 is 1.25 bits per heavy atom. The number of para-hydroxylation sites is 2. The molecule has 0 aromatic heterocycles. The van der Waals surface area contributed by atoms with Crippen molar-refractivity contribution in [3.8, 4) is 0 Å². The Hall–Kier alpha value is -1.64. The molecule has 1 unspecified atom stereocenters. The van der Waals surface area contributed by atoms with Crippen LogP contribution in [0.4, 0.5) is 11.4 Å². The number of hydrogen-bond donors (Lipinski definition) is 1. The van der Waals surface area contributed by atoms with Crippen LogP contribution in [0.5, 0.6) is 0 Å². The summed E-state index contributed by atoms with van der Waals surface area (Å²) < 4.78 is 0. The second kappa shape index (κ2) is 3.74. The second-order valence-electron chi connectivity index (χ2n) is 5.13. The van der Waals surface area contributed by atoms with E-state index in [0.29, 0.717) is 0 Å². The molecule has 1 aliphatic rings. The molecule has 16 heavy (non-hydrogen) atoms. The molecule has 1 aromatic rings. The number of rotatable bonds is 0. The van der Waals surface area contributed by atoms with Crippen molar-refractivity contribution in [3.05, 3.63) is 24.3 Å². The van der Waals surface area contributed by atoms with E-state index >= 15 is 0 Å². The van der Waals surface area contributed by atoms with Gasteiger partial charge < -0.3 is 5.32 Å². The molecule has 1 aliphatic heterocycles. The Labute approximate surface area is 95.6 Å². The molecule has 0 radical (unpaired) electrons. The van der Waals surface area contributed by atoms with Crippen LogP contribution in [0.2, 0.25) is 0 Å². The number of benzene rings is 1. The number of amides is 1. The third-order valence-corrected chi connectivity index (χ3v) is 2.74. The number of carbonyl (C=O) groups is 1. The fourth-order valence-electron chi connectivity index (χ4n) is 1.74. The van der Waals surface area contributed by atoms with Crippen LogP contribution in [0.25, 0.3) is 0 Å². The van der Waals surface area contributed by atoms with E-state index in [4.69, 9.17) is 0 Å². The molecule has 1 N–H and O–H groups in total. The quantitative estimate of drug-likeness (QED) is 0.711. The van der Waals surface area contributed by atoms with Gasteiger partial charge in [0.15, 0.2) is 0 Å². The minimum Gasteiger partial charge on any atom is -0.324 e. The number of nitrogens with one attached hydrogen (secondary N) is 1. The van der Waals surface area contributed by atoms with E-state index in [0.717, 1.165) is 11.4 Å². The summed E-state index contributed by atoms with van der Waals surface area (Å²) in [6, 6.07) is 7.58. The Balaban J connectivity index is 2.39. The number of hydrogen-bond acceptors (Lipinski definition) is 2. The first-order valence-electron chi connectivity index (χ1n) is 5.42. The van der Waals surface area contributed by atoms with E-state index in [1.165, 1.54) is 0 Å². The van der Waals surface area contributed by atoms with Crippen LogP contribution >= 0.6 is 0 Å². The summed E-state index contributed by atoms with van der Waals surface area (Å²) in [4.78, 5) is 16.4. The fourth-order valence-corrected chi connectivity index (χ4v) is 1.74. The van der Waals surface area contributed by atoms with E-state index < -0.39 is 0 Å². The van der Waals surface area contributed by atoms with Gasteiger partial charge in [-0.1, -0.05) is 32.9 Å². The van der Waals surface area contributed by atoms with Gasteiger partial charge in [0.1, 0.15) is 0 Å². The van der Waals surface area contributed by atoms with Gasteiger partial charge in [-0.2, -0.15) is 0 Å². The first-order chi connectivity index (χ1) is 7.48. The molecular weight excluding hydrogens is 200 g/mol. The first kappa shape index (κ1) is 10.9. The highest BCUT2D eigenvalue weighted by Crippen LogP contribution is 2.32. The van der Waals surface area contributed by atoms with Crippen molar-refractivity contribution in [2.45, 2.75) is 20.8 Å². The predicted molar refractivity (Wildman–Crippen MR) is 66.2 cm³/mol. The maximum atomic E-state index is 12.0. The summed E-state index contributed by atoms with van der Waals surface area (Å²) >= 11 is 0. The highest BCUT2D eigenvalue weighted by Gasteiger charge is 2.31. The molecule has 0 saturated heterocycles. The van der Waals surface area contributed by atoms with Crippen LogP contribution in [0, 0.1) is 11.3 Å². The fraction of sp³-hybridized carbons (Fsp3) is 0.385. The van der Waals surface area contributed by atoms with Crippen LogP contribution in [-0.4, -0.2) is 12.1 Å². The zero-order valence-electron chi connectivity index (χ0n) is 9.82. The summed E-state index contributed by atoms with van der Waals surface area (Å²) in [5.41, 5.74) is 1.49. The van der Waals surface area contributed by atoms with Crippen molar-refractivity contribution in [2.75, 3.05) is 5.32 Å². The van der Waals surface area contributed by atoms with Gasteiger partial charge in [0, 0.05) is 6.21 Å². The van der Waals surface area contributed by atoms with E-state index in [-0.39, 0.29) is 17.2 Å². The lowest BCUT2D eigenvalue weighted by molar-refractivity contribution is -0.120. The van der Waals surface area contributed by atoms with Crippen molar-refractivity contribution in [3.63, 3.8) is 0 Å². The van der Waals surface area contributed by atoms with Gasteiger partial charge in [-0.25, -0.2) is 0 Å². The molecule has 2 rings (SSSR count). The summed E-state index contributed by atoms with van der Waals surface area (Å²) in [7, 11) is 0. The van der Waals surface area contributed by atoms with Crippen LogP contribution < -0.4 is 5.32 Å². The summed E-state index contributed by atoms with van der Waals surface area (Å²) in [5, 5.41) is 2.92. The molecule has 0 spiro atoms. The van der Waals surface area contributed by atoms with Crippen molar-refractivity contribution >= 4 is 23.5 Å². The van der Waals surface area contributed by atoms with Crippen molar-refractivity contribution in [1.29, 1.82) is 0 Å². The topological polar surface area (TPSA) is 41.5 Å². The summed E-state index contributed by atoms with van der Waals surface area (Å²) in [6.07, 6.45) is 1.75. The van der Waals surface area contributed by atoms with E-state index in [1.54, 1.807) is 6.21 Å². The van der Waals surface area contributed by atoms with Gasteiger partial charge in [0.05, 0.1) is 17.3 Å². The third-order valence-electron chi connectivity index (χ3n) is 2.74. The largest absolute Gasteiger partial charge is 0.324 e. The average Bonchev–Trinajstić information content (AvgIpc) is 2.34. The molecule has 1 atom stereocenters. The van der Waals surface area contributed by atoms with Crippen molar-refractivity contribution in [1.82, 2.24) is 0 Å². The molecular formula is C13H16N2O. The Kier molecular flexibility index (Phi) is 2.54. The average molecular weight is 216 g/mol. The smallest absolute Gasteiger partial charge is 0.233 e. The number of nitrogens with zero attached hydrogens (tertiary/aromatic N) is 1. The Morgan fingerprint density at radius 2 is 1.94 bits per heavy atom. The van der Waals surface area contributed by atoms with Gasteiger partial charge >= 0.3 is 0 Å². The Morgan fingerprint density at radius 3 is 2.62 bits per heavy atom. The summed E-state index contributed by atoms with van der Waals surface area (Å²) in [6.45, 7) is 6.12. The van der Waals surface area contributed by atoms with Gasteiger partial charge in [0.2, 0.25) is 5.91 Å². The van der Waals surface area contributed by atoms with Crippen LogP contribution in [0.1, 0.15) is 20.8 Å². The highest BCUT2D eigenvalue weighted by molar-refractivity contribution is 6.06. The zero-order valence-corrected chi connectivity index (χ0v) is 9.82. The number of aliphatic imine (C=N–C) groups is 1. The molecule has 0 bridgehead atoms. The van der Waals surface area contributed by atoms with Crippen LogP contribution in [-0.2, 0) is 4.79 Å². The lowest BCUT2D eigenvalue weighted by Crippen LogP contribution is -2.33. The van der Waals surface area contributed by atoms with E-state index in [1.807, 2.05) is 45.0 Å². The van der Waals surface area contributed by atoms with Gasteiger partial charge in [-0.3, -0.25) is 9.79 Å². The summed E-state index contributed by atoms with van der Waals surface area (Å²) in [5.74, 6) is -0.180. The molecule has 3 nitrogen and oxygen atoms in total. The minimum atomic E-state index is -0.195. The third kappa shape index (κ3) is 1.98. The predicted octanol–water partition coefficient (Wildman–Crippen LogP) is 3.00. The first-order valence-corrected chi connectivity index (χ1v) is 5.42. The normalized spacial score (nSPS) is 19.9. The number of carbonyl (C=O) groups excluding carboxylic acids is 1. The van der Waals surface area contributed by atoms with Gasteiger partial charge in [-0.15, -0.1) is 0 Å². The lowest BCUT2D eigenvalue weighted by Gasteiger charge is -2.25. The molecule has 0 fully saturated rings. The van der Waals surface area contributed by atoms with Gasteiger partial charge in [-0.05, 0) is 17.5 Å². The molecule has 1 heterocycles. The standard InChI is InChI=1S/C13H16N2O/c1-13(2,3)9-8-14-10-6-4-5-7-11(10)15-12(9)16/h4-9H,1-3H3,(H,15,16). The molecule has 0 saturated carbocycles. The monoisotopic (exact) mass is 216 g/mol. The molecule has 84 valence electrons. The van der Waals surface area contributed by atoms with Crippen LogP contribution in [0.15, 0.2) is 29.3 Å². The molecule has 1 amide bonds. The van der Waals surface area contributed by atoms with E-state index in [2.05, 4.69) is 10.3 Å². The van der Waals surface area contributed by atoms with Crippen molar-refractivity contribution in [2.24, 2.45) is 16.3 Å². The van der Waals surface area contributed by atoms with Crippen molar-refractivity contribution < 1.29 is 4.79 Å². The molecule has 1 aromatic carbocycles. The SMILES string of the molecule is CC(C)(C)C1C=Nc2ccccc2NC1=O. The Bertz CT molecular complexity index is 443. The maximum absolute atomic E-state index is 12.0. The zero-order chi connectivity index (χ0) is 11.8. The molecule has 3 heteroatoms. The number of anilines is 1. The maximum Gasteiger partial charge on any atom is 0.233 e. The second-order valence-corrected chi connectivity index (χ2v) is 5.13. The van der Waals surface area contributed by atoms with Gasteiger partial charge in [0.25, 0.3) is 0 Å². The lowest BCUT2D eigenvalue weighted by atomic mass is 9.81.